The minimum absolute atomic E-state index is 0.137. The Morgan fingerprint density at radius 3 is 3.00 bits per heavy atom. The van der Waals surface area contributed by atoms with E-state index < -0.39 is 0 Å². The van der Waals surface area contributed by atoms with E-state index in [-0.39, 0.29) is 11.7 Å². The Morgan fingerprint density at radius 2 is 2.32 bits per heavy atom. The molecule has 98 valence electrons. The molecule has 0 aliphatic carbocycles. The smallest absolute Gasteiger partial charge is 0.281 e. The van der Waals surface area contributed by atoms with Gasteiger partial charge in [-0.25, -0.2) is 5.43 Å². The van der Waals surface area contributed by atoms with Crippen LogP contribution in [0.3, 0.4) is 0 Å². The van der Waals surface area contributed by atoms with Crippen molar-refractivity contribution in [3.05, 3.63) is 48.1 Å². The van der Waals surface area contributed by atoms with Crippen molar-refractivity contribution < 1.29 is 9.90 Å². The Labute approximate surface area is 135 Å². The highest BCUT2D eigenvalue weighted by molar-refractivity contribution is 14.1. The lowest BCUT2D eigenvalue weighted by Crippen LogP contribution is -2.16. The molecule has 2 N–H and O–H groups in total. The van der Waals surface area contributed by atoms with Gasteiger partial charge in [-0.05, 0) is 46.2 Å². The van der Waals surface area contributed by atoms with Crippen molar-refractivity contribution in [3.63, 3.8) is 0 Å². The summed E-state index contributed by atoms with van der Waals surface area (Å²) in [5.41, 5.74) is 2.94. The van der Waals surface area contributed by atoms with E-state index in [2.05, 4.69) is 26.5 Å². The number of nitrogens with zero attached hydrogens (tertiary/aromatic N) is 1. The highest BCUT2D eigenvalue weighted by atomic mass is 127. The summed E-state index contributed by atoms with van der Waals surface area (Å²) in [6.45, 7) is 0. The molecule has 0 unspecified atom stereocenters. The maximum absolute atomic E-state index is 11.6. The maximum Gasteiger partial charge on any atom is 0.281 e. The number of benzene rings is 1. The number of hydrogen-bond acceptors (Lipinski definition) is 4. The molecule has 19 heavy (non-hydrogen) atoms. The molecule has 1 amide bonds. The van der Waals surface area contributed by atoms with E-state index in [1.54, 1.807) is 24.3 Å². The van der Waals surface area contributed by atoms with Crippen LogP contribution in [0.25, 0.3) is 0 Å². The highest BCUT2D eigenvalue weighted by Crippen LogP contribution is 2.27. The Balaban J connectivity index is 2.09. The number of phenolic OH excluding ortho intramolecular Hbond substituents is 1. The quantitative estimate of drug-likeness (QED) is 0.426. The van der Waals surface area contributed by atoms with Crippen molar-refractivity contribution in [3.8, 4) is 5.75 Å². The first-order chi connectivity index (χ1) is 9.08. The summed E-state index contributed by atoms with van der Waals surface area (Å²) in [5.74, 6) is -0.131. The zero-order chi connectivity index (χ0) is 13.8. The number of phenols is 1. The first kappa shape index (κ1) is 14.5. The van der Waals surface area contributed by atoms with E-state index in [4.69, 9.17) is 0 Å². The number of thiophene rings is 1. The predicted molar refractivity (Wildman–Crippen MR) is 87.9 cm³/mol. The minimum atomic E-state index is -0.268. The van der Waals surface area contributed by atoms with Crippen molar-refractivity contribution in [2.45, 2.75) is 0 Å². The van der Waals surface area contributed by atoms with Crippen LogP contribution in [0.15, 0.2) is 39.2 Å². The summed E-state index contributed by atoms with van der Waals surface area (Å²) in [6.07, 6.45) is 1.41. The topological polar surface area (TPSA) is 61.7 Å². The van der Waals surface area contributed by atoms with E-state index in [0.29, 0.717) is 14.0 Å². The Bertz CT molecular complexity index is 629. The number of nitrogens with one attached hydrogen (secondary N) is 1. The predicted octanol–water partition coefficient (Wildman–Crippen LogP) is 3.58. The molecule has 0 spiro atoms. The summed E-state index contributed by atoms with van der Waals surface area (Å²) < 4.78 is 1.54. The molecule has 0 bridgehead atoms. The summed E-state index contributed by atoms with van der Waals surface area (Å²) in [5, 5.41) is 15.5. The van der Waals surface area contributed by atoms with Gasteiger partial charge in [0, 0.05) is 10.0 Å². The summed E-state index contributed by atoms with van der Waals surface area (Å²) in [4.78, 5) is 12.2. The molecule has 0 saturated carbocycles. The number of halogens is 2. The number of hydrogen-bond donors (Lipinski definition) is 2. The summed E-state index contributed by atoms with van der Waals surface area (Å²) in [7, 11) is 0. The Hall–Kier alpha value is -0.930. The number of rotatable bonds is 3. The zero-order valence-electron chi connectivity index (χ0n) is 9.43. The lowest BCUT2D eigenvalue weighted by atomic mass is 10.2. The minimum Gasteiger partial charge on any atom is -0.506 e. The molecule has 7 heteroatoms. The van der Waals surface area contributed by atoms with Gasteiger partial charge in [0.15, 0.2) is 0 Å². The van der Waals surface area contributed by atoms with E-state index >= 15 is 0 Å². The van der Waals surface area contributed by atoms with E-state index in [0.717, 1.165) is 4.47 Å². The van der Waals surface area contributed by atoms with Crippen LogP contribution in [0.2, 0.25) is 0 Å². The van der Waals surface area contributed by atoms with Gasteiger partial charge in [0.2, 0.25) is 0 Å². The SMILES string of the molecule is O=C(NN=Cc1cc(Br)cc(I)c1O)c1cccs1. The number of carbonyl (C=O) groups is 1. The van der Waals surface area contributed by atoms with Crippen LogP contribution in [0.4, 0.5) is 0 Å². The fourth-order valence-corrected chi connectivity index (χ4v) is 3.47. The third kappa shape index (κ3) is 3.77. The van der Waals surface area contributed by atoms with Crippen molar-refractivity contribution in [1.82, 2.24) is 5.43 Å². The standard InChI is InChI=1S/C12H8BrIN2O2S/c13-8-4-7(11(17)9(14)5-8)6-15-16-12(18)10-2-1-3-19-10/h1-6,17H,(H,16,18). The first-order valence-electron chi connectivity index (χ1n) is 5.13. The van der Waals surface area contributed by atoms with Crippen LogP contribution in [-0.2, 0) is 0 Å². The van der Waals surface area contributed by atoms with Gasteiger partial charge in [0.1, 0.15) is 5.75 Å². The molecule has 0 aliphatic heterocycles. The van der Waals surface area contributed by atoms with Gasteiger partial charge < -0.3 is 5.11 Å². The Morgan fingerprint density at radius 1 is 1.53 bits per heavy atom. The maximum atomic E-state index is 11.6. The van der Waals surface area contributed by atoms with Gasteiger partial charge in [-0.2, -0.15) is 5.10 Å². The highest BCUT2D eigenvalue weighted by Gasteiger charge is 2.06. The molecule has 0 atom stereocenters. The lowest BCUT2D eigenvalue weighted by molar-refractivity contribution is 0.0959. The molecular weight excluding hydrogens is 443 g/mol. The molecule has 0 fully saturated rings. The van der Waals surface area contributed by atoms with Crippen LogP contribution in [0.5, 0.6) is 5.75 Å². The molecule has 0 aliphatic rings. The van der Waals surface area contributed by atoms with Gasteiger partial charge in [0.25, 0.3) is 5.91 Å². The molecular formula is C12H8BrIN2O2S. The largest absolute Gasteiger partial charge is 0.506 e. The van der Waals surface area contributed by atoms with Gasteiger partial charge in [0.05, 0.1) is 14.7 Å². The zero-order valence-corrected chi connectivity index (χ0v) is 14.0. The third-order valence-electron chi connectivity index (χ3n) is 2.17. The van der Waals surface area contributed by atoms with Crippen LogP contribution < -0.4 is 5.43 Å². The van der Waals surface area contributed by atoms with Gasteiger partial charge in [-0.1, -0.05) is 22.0 Å². The molecule has 1 aromatic heterocycles. The average molecular weight is 451 g/mol. The number of aromatic hydroxyl groups is 1. The molecule has 1 heterocycles. The average Bonchev–Trinajstić information content (AvgIpc) is 2.88. The molecule has 2 aromatic rings. The molecule has 0 radical (unpaired) electrons. The fraction of sp³-hybridized carbons (Fsp3) is 0. The van der Waals surface area contributed by atoms with Crippen molar-refractivity contribution >= 4 is 62.0 Å². The molecule has 4 nitrogen and oxygen atoms in total. The molecule has 2 rings (SSSR count). The van der Waals surface area contributed by atoms with Gasteiger partial charge in [-0.3, -0.25) is 4.79 Å². The molecule has 1 aromatic carbocycles. The number of carbonyl (C=O) groups excluding carboxylic acids is 1. The van der Waals surface area contributed by atoms with Crippen LogP contribution in [-0.4, -0.2) is 17.2 Å². The van der Waals surface area contributed by atoms with E-state index in [1.165, 1.54) is 17.6 Å². The van der Waals surface area contributed by atoms with Crippen molar-refractivity contribution in [1.29, 1.82) is 0 Å². The normalized spacial score (nSPS) is 10.8. The lowest BCUT2D eigenvalue weighted by Gasteiger charge is -2.02. The van der Waals surface area contributed by atoms with Crippen LogP contribution >= 0.6 is 49.9 Å². The van der Waals surface area contributed by atoms with Crippen molar-refractivity contribution in [2.24, 2.45) is 5.10 Å². The Kier molecular flexibility index (Phi) is 4.94. The van der Waals surface area contributed by atoms with Crippen molar-refractivity contribution in [2.75, 3.05) is 0 Å². The second-order valence-corrected chi connectivity index (χ2v) is 6.53. The van der Waals surface area contributed by atoms with Gasteiger partial charge >= 0.3 is 0 Å². The summed E-state index contributed by atoms with van der Waals surface area (Å²) in [6, 6.07) is 7.02. The second-order valence-electron chi connectivity index (χ2n) is 3.50. The van der Waals surface area contributed by atoms with E-state index in [9.17, 15) is 9.90 Å². The van der Waals surface area contributed by atoms with Crippen LogP contribution in [0.1, 0.15) is 15.2 Å². The number of hydrazone groups is 1. The third-order valence-corrected chi connectivity index (χ3v) is 4.32. The van der Waals surface area contributed by atoms with Gasteiger partial charge in [-0.15, -0.1) is 11.3 Å². The fourth-order valence-electron chi connectivity index (χ4n) is 1.31. The number of amides is 1. The van der Waals surface area contributed by atoms with E-state index in [1.807, 2.05) is 28.0 Å². The summed E-state index contributed by atoms with van der Waals surface area (Å²) >= 11 is 6.70. The first-order valence-corrected chi connectivity index (χ1v) is 7.88. The van der Waals surface area contributed by atoms with Crippen LogP contribution in [0, 0.1) is 3.57 Å². The molecule has 0 saturated heterocycles. The monoisotopic (exact) mass is 450 g/mol. The second kappa shape index (κ2) is 6.49.